The molecule has 0 heterocycles. The normalized spacial score (nSPS) is 14.3. The molecule has 9 heteroatoms. The van der Waals surface area contributed by atoms with Crippen LogP contribution in [0.3, 0.4) is 0 Å². The van der Waals surface area contributed by atoms with Crippen molar-refractivity contribution < 1.29 is 16.8 Å². The van der Waals surface area contributed by atoms with Gasteiger partial charge in [-0.2, -0.15) is 5.26 Å². The van der Waals surface area contributed by atoms with Gasteiger partial charge in [-0.05, 0) is 13.5 Å². The molecule has 0 fully saturated rings. The molecule has 0 amide bonds. The van der Waals surface area contributed by atoms with E-state index in [0.717, 1.165) is 0 Å². The van der Waals surface area contributed by atoms with Crippen molar-refractivity contribution >= 4 is 20.0 Å². The third-order valence-electron chi connectivity index (χ3n) is 1.87. The highest BCUT2D eigenvalue weighted by atomic mass is 32.2. The predicted octanol–water partition coefficient (Wildman–Crippen LogP) is -1.24. The van der Waals surface area contributed by atoms with Crippen molar-refractivity contribution in [2.45, 2.75) is 18.6 Å². The van der Waals surface area contributed by atoms with E-state index in [-0.39, 0.29) is 18.7 Å². The van der Waals surface area contributed by atoms with Gasteiger partial charge >= 0.3 is 0 Å². The summed E-state index contributed by atoms with van der Waals surface area (Å²) in [6, 6.07) is 1.64. The molecular formula is C7H15N3O4S2. The van der Waals surface area contributed by atoms with Crippen molar-refractivity contribution in [1.82, 2.24) is 9.44 Å². The maximum Gasteiger partial charge on any atom is 0.227 e. The molecule has 0 aromatic heterocycles. The maximum absolute atomic E-state index is 11.4. The molecule has 16 heavy (non-hydrogen) atoms. The average molecular weight is 269 g/mol. The summed E-state index contributed by atoms with van der Waals surface area (Å²) in [6.07, 6.45) is 0.157. The van der Waals surface area contributed by atoms with E-state index < -0.39 is 25.3 Å². The highest BCUT2D eigenvalue weighted by Crippen LogP contribution is 2.01. The average Bonchev–Trinajstić information content (AvgIpc) is 2.18. The predicted molar refractivity (Wildman–Crippen MR) is 59.5 cm³/mol. The summed E-state index contributed by atoms with van der Waals surface area (Å²) in [5, 5.41) is 7.42. The minimum absolute atomic E-state index is 0.157. The second-order valence-electron chi connectivity index (χ2n) is 2.99. The summed E-state index contributed by atoms with van der Waals surface area (Å²) in [5.41, 5.74) is 0. The molecule has 7 nitrogen and oxygen atoms in total. The zero-order valence-corrected chi connectivity index (χ0v) is 10.7. The highest BCUT2D eigenvalue weighted by molar-refractivity contribution is 7.90. The SMILES string of the molecule is CCC(C#N)S(=O)(=O)NCCS(=O)(=O)NC. The Labute approximate surface area is 95.9 Å². The molecule has 0 aromatic rings. The first-order valence-corrected chi connectivity index (χ1v) is 7.78. The number of hydrogen-bond donors (Lipinski definition) is 2. The standard InChI is InChI=1S/C7H15N3O4S2/c1-3-7(6-8)16(13,14)10-4-5-15(11,12)9-2/h7,9-10H,3-5H2,1-2H3. The van der Waals surface area contributed by atoms with Gasteiger partial charge in [0, 0.05) is 6.54 Å². The van der Waals surface area contributed by atoms with Crippen molar-refractivity contribution in [2.24, 2.45) is 0 Å². The molecule has 0 aliphatic rings. The van der Waals surface area contributed by atoms with Gasteiger partial charge in [0.25, 0.3) is 0 Å². The van der Waals surface area contributed by atoms with Crippen molar-refractivity contribution in [3.05, 3.63) is 0 Å². The van der Waals surface area contributed by atoms with E-state index >= 15 is 0 Å². The molecule has 0 aromatic carbocycles. The maximum atomic E-state index is 11.4. The summed E-state index contributed by atoms with van der Waals surface area (Å²) in [6.45, 7) is 1.32. The zero-order chi connectivity index (χ0) is 12.8. The Kier molecular flexibility index (Phi) is 5.88. The molecule has 0 saturated heterocycles. The molecule has 0 bridgehead atoms. The molecule has 1 unspecified atom stereocenters. The van der Waals surface area contributed by atoms with Crippen LogP contribution in [0.4, 0.5) is 0 Å². The Hall–Kier alpha value is -0.690. The first kappa shape index (κ1) is 15.3. The van der Waals surface area contributed by atoms with Crippen LogP contribution in [0.5, 0.6) is 0 Å². The smallest absolute Gasteiger partial charge is 0.218 e. The molecule has 0 saturated carbocycles. The first-order valence-electron chi connectivity index (χ1n) is 4.58. The number of nitrogens with zero attached hydrogens (tertiary/aromatic N) is 1. The fourth-order valence-corrected chi connectivity index (χ4v) is 2.77. The molecular weight excluding hydrogens is 254 g/mol. The van der Waals surface area contributed by atoms with Crippen LogP contribution in [-0.4, -0.2) is 41.4 Å². The van der Waals surface area contributed by atoms with E-state index in [9.17, 15) is 16.8 Å². The summed E-state index contributed by atoms with van der Waals surface area (Å²) >= 11 is 0. The highest BCUT2D eigenvalue weighted by Gasteiger charge is 2.23. The quantitative estimate of drug-likeness (QED) is 0.599. The van der Waals surface area contributed by atoms with Crippen LogP contribution in [0.25, 0.3) is 0 Å². The van der Waals surface area contributed by atoms with E-state index in [1.165, 1.54) is 7.05 Å². The van der Waals surface area contributed by atoms with Crippen molar-refractivity contribution in [2.75, 3.05) is 19.3 Å². The van der Waals surface area contributed by atoms with Crippen LogP contribution in [0, 0.1) is 11.3 Å². The summed E-state index contributed by atoms with van der Waals surface area (Å²) in [4.78, 5) is 0. The Bertz CT molecular complexity index is 449. The Balaban J connectivity index is 4.39. The minimum Gasteiger partial charge on any atom is -0.218 e. The molecule has 1 atom stereocenters. The van der Waals surface area contributed by atoms with Crippen molar-refractivity contribution in [1.29, 1.82) is 5.26 Å². The van der Waals surface area contributed by atoms with Crippen LogP contribution in [0.15, 0.2) is 0 Å². The Morgan fingerprint density at radius 3 is 2.25 bits per heavy atom. The van der Waals surface area contributed by atoms with E-state index in [4.69, 9.17) is 5.26 Å². The fraction of sp³-hybridized carbons (Fsp3) is 0.857. The number of hydrogen-bond acceptors (Lipinski definition) is 5. The molecule has 0 aliphatic heterocycles. The van der Waals surface area contributed by atoms with E-state index in [2.05, 4.69) is 9.44 Å². The Morgan fingerprint density at radius 1 is 1.31 bits per heavy atom. The third kappa shape index (κ3) is 4.89. The molecule has 0 radical (unpaired) electrons. The van der Waals surface area contributed by atoms with Gasteiger partial charge in [-0.15, -0.1) is 0 Å². The zero-order valence-electron chi connectivity index (χ0n) is 9.10. The lowest BCUT2D eigenvalue weighted by Crippen LogP contribution is -2.37. The van der Waals surface area contributed by atoms with E-state index in [1.807, 2.05) is 0 Å². The second-order valence-corrected chi connectivity index (χ2v) is 6.98. The molecule has 2 N–H and O–H groups in total. The third-order valence-corrected chi connectivity index (χ3v) is 5.03. The number of nitrogens with one attached hydrogen (secondary N) is 2. The monoisotopic (exact) mass is 269 g/mol. The largest absolute Gasteiger partial charge is 0.227 e. The van der Waals surface area contributed by atoms with Crippen LogP contribution in [0.1, 0.15) is 13.3 Å². The van der Waals surface area contributed by atoms with E-state index in [0.29, 0.717) is 0 Å². The Morgan fingerprint density at radius 2 is 1.88 bits per heavy atom. The fourth-order valence-electron chi connectivity index (χ4n) is 0.901. The topological polar surface area (TPSA) is 116 Å². The van der Waals surface area contributed by atoms with Gasteiger partial charge in [0.05, 0.1) is 11.8 Å². The van der Waals surface area contributed by atoms with Gasteiger partial charge in [0.15, 0.2) is 5.25 Å². The summed E-state index contributed by atoms with van der Waals surface area (Å²) < 4.78 is 48.9. The molecule has 0 aliphatic carbocycles. The molecule has 94 valence electrons. The first-order chi connectivity index (χ1) is 7.29. The van der Waals surface area contributed by atoms with Crippen molar-refractivity contribution in [3.63, 3.8) is 0 Å². The van der Waals surface area contributed by atoms with Gasteiger partial charge < -0.3 is 0 Å². The molecule has 0 spiro atoms. The minimum atomic E-state index is -3.76. The van der Waals surface area contributed by atoms with Crippen molar-refractivity contribution in [3.8, 4) is 6.07 Å². The van der Waals surface area contributed by atoms with E-state index in [1.54, 1.807) is 13.0 Å². The lowest BCUT2D eigenvalue weighted by Gasteiger charge is -2.09. The van der Waals surface area contributed by atoms with Gasteiger partial charge in [0.2, 0.25) is 20.0 Å². The lowest BCUT2D eigenvalue weighted by atomic mass is 10.4. The second kappa shape index (κ2) is 6.15. The summed E-state index contributed by atoms with van der Waals surface area (Å²) in [7, 11) is -5.95. The van der Waals surface area contributed by atoms with Gasteiger partial charge in [-0.25, -0.2) is 26.3 Å². The van der Waals surface area contributed by atoms with Crippen LogP contribution in [0.2, 0.25) is 0 Å². The number of nitriles is 1. The van der Waals surface area contributed by atoms with Crippen LogP contribution in [-0.2, 0) is 20.0 Å². The lowest BCUT2D eigenvalue weighted by molar-refractivity contribution is 0.572. The molecule has 0 rings (SSSR count). The summed E-state index contributed by atoms with van der Waals surface area (Å²) in [5.74, 6) is -0.357. The number of rotatable bonds is 7. The van der Waals surface area contributed by atoms with Gasteiger partial charge in [-0.3, -0.25) is 0 Å². The van der Waals surface area contributed by atoms with Crippen LogP contribution >= 0.6 is 0 Å². The number of sulfonamides is 2. The van der Waals surface area contributed by atoms with Gasteiger partial charge in [0.1, 0.15) is 0 Å². The van der Waals surface area contributed by atoms with Crippen LogP contribution < -0.4 is 9.44 Å². The van der Waals surface area contributed by atoms with Gasteiger partial charge in [-0.1, -0.05) is 6.92 Å².